The first-order valence-corrected chi connectivity index (χ1v) is 7.96. The van der Waals surface area contributed by atoms with Crippen molar-refractivity contribution in [2.45, 2.75) is 31.7 Å². The monoisotopic (exact) mass is 351 g/mol. The summed E-state index contributed by atoms with van der Waals surface area (Å²) in [7, 11) is 0. The summed E-state index contributed by atoms with van der Waals surface area (Å²) in [4.78, 5) is 0. The Balaban J connectivity index is 2.18. The van der Waals surface area contributed by atoms with Gasteiger partial charge in [0.25, 0.3) is 0 Å². The van der Waals surface area contributed by atoms with E-state index in [0.717, 1.165) is 34.3 Å². The van der Waals surface area contributed by atoms with Crippen LogP contribution in [0.1, 0.15) is 24.5 Å². The van der Waals surface area contributed by atoms with E-state index in [1.54, 1.807) is 0 Å². The minimum Gasteiger partial charge on any atom is -0.325 e. The van der Waals surface area contributed by atoms with Crippen molar-refractivity contribution in [2.75, 3.05) is 0 Å². The molecule has 3 heteroatoms. The van der Waals surface area contributed by atoms with Gasteiger partial charge in [0.15, 0.2) is 0 Å². The molecule has 2 N–H and O–H groups in total. The van der Waals surface area contributed by atoms with Gasteiger partial charge in [-0.1, -0.05) is 70.9 Å². The van der Waals surface area contributed by atoms with Gasteiger partial charge in [0.05, 0.1) is 0 Å². The molecule has 1 atom stereocenters. The highest BCUT2D eigenvalue weighted by Gasteiger charge is 2.24. The standard InChI is InChI=1S/C17H19BrClN/c1-2-17(20,11-13-6-4-3-5-7-13)12-14-8-9-15(18)10-16(14)19/h3-10H,2,11-12,20H2,1H3. The van der Waals surface area contributed by atoms with Gasteiger partial charge in [-0.3, -0.25) is 0 Å². The topological polar surface area (TPSA) is 26.0 Å². The molecular weight excluding hydrogens is 334 g/mol. The van der Waals surface area contributed by atoms with Crippen molar-refractivity contribution in [2.24, 2.45) is 5.73 Å². The normalized spacial score (nSPS) is 14.0. The van der Waals surface area contributed by atoms with Crippen molar-refractivity contribution in [1.82, 2.24) is 0 Å². The lowest BCUT2D eigenvalue weighted by Gasteiger charge is -2.29. The number of rotatable bonds is 5. The lowest BCUT2D eigenvalue weighted by Crippen LogP contribution is -2.43. The molecule has 0 aromatic heterocycles. The lowest BCUT2D eigenvalue weighted by atomic mass is 9.83. The van der Waals surface area contributed by atoms with Crippen molar-refractivity contribution in [1.29, 1.82) is 0 Å². The van der Waals surface area contributed by atoms with E-state index in [0.29, 0.717) is 0 Å². The van der Waals surface area contributed by atoms with Crippen LogP contribution in [0.25, 0.3) is 0 Å². The van der Waals surface area contributed by atoms with Crippen molar-refractivity contribution in [3.05, 3.63) is 69.2 Å². The van der Waals surface area contributed by atoms with E-state index in [9.17, 15) is 0 Å². The zero-order chi connectivity index (χ0) is 14.6. The average molecular weight is 353 g/mol. The molecule has 2 aromatic carbocycles. The molecule has 0 radical (unpaired) electrons. The Labute approximate surface area is 134 Å². The Morgan fingerprint density at radius 3 is 2.40 bits per heavy atom. The summed E-state index contributed by atoms with van der Waals surface area (Å²) in [5, 5.41) is 0.774. The van der Waals surface area contributed by atoms with E-state index in [2.05, 4.69) is 53.2 Å². The number of halogens is 2. The summed E-state index contributed by atoms with van der Waals surface area (Å²) in [6.45, 7) is 2.13. The smallest absolute Gasteiger partial charge is 0.0449 e. The average Bonchev–Trinajstić information content (AvgIpc) is 2.43. The van der Waals surface area contributed by atoms with Gasteiger partial charge in [-0.25, -0.2) is 0 Å². The molecule has 20 heavy (non-hydrogen) atoms. The van der Waals surface area contributed by atoms with E-state index in [4.69, 9.17) is 17.3 Å². The first kappa shape index (κ1) is 15.6. The van der Waals surface area contributed by atoms with Gasteiger partial charge in [0.1, 0.15) is 0 Å². The van der Waals surface area contributed by atoms with E-state index < -0.39 is 0 Å². The second-order valence-electron chi connectivity index (χ2n) is 5.29. The molecule has 0 saturated carbocycles. The fraction of sp³-hybridized carbons (Fsp3) is 0.294. The summed E-state index contributed by atoms with van der Waals surface area (Å²) in [6, 6.07) is 16.4. The minimum absolute atomic E-state index is 0.265. The molecule has 106 valence electrons. The van der Waals surface area contributed by atoms with Crippen molar-refractivity contribution < 1.29 is 0 Å². The van der Waals surface area contributed by atoms with Crippen molar-refractivity contribution >= 4 is 27.5 Å². The Morgan fingerprint density at radius 2 is 1.80 bits per heavy atom. The van der Waals surface area contributed by atoms with Gasteiger partial charge in [0, 0.05) is 15.0 Å². The molecule has 1 nitrogen and oxygen atoms in total. The van der Waals surface area contributed by atoms with Crippen LogP contribution in [0.15, 0.2) is 53.0 Å². The van der Waals surface area contributed by atoms with Crippen LogP contribution in [0.4, 0.5) is 0 Å². The fourth-order valence-corrected chi connectivity index (χ4v) is 3.10. The lowest BCUT2D eigenvalue weighted by molar-refractivity contribution is 0.404. The maximum atomic E-state index is 6.60. The largest absolute Gasteiger partial charge is 0.325 e. The number of hydrogen-bond acceptors (Lipinski definition) is 1. The van der Waals surface area contributed by atoms with Gasteiger partial charge in [-0.2, -0.15) is 0 Å². The molecule has 0 bridgehead atoms. The molecule has 0 amide bonds. The van der Waals surface area contributed by atoms with E-state index in [1.807, 2.05) is 18.2 Å². The molecule has 0 spiro atoms. The van der Waals surface area contributed by atoms with Gasteiger partial charge in [0.2, 0.25) is 0 Å². The number of hydrogen-bond donors (Lipinski definition) is 1. The maximum absolute atomic E-state index is 6.60. The summed E-state index contributed by atoms with van der Waals surface area (Å²) in [5.74, 6) is 0. The number of benzene rings is 2. The highest BCUT2D eigenvalue weighted by Crippen LogP contribution is 2.27. The third kappa shape index (κ3) is 4.08. The van der Waals surface area contributed by atoms with Crippen LogP contribution in [0.2, 0.25) is 5.02 Å². The zero-order valence-corrected chi connectivity index (χ0v) is 13.9. The van der Waals surface area contributed by atoms with E-state index >= 15 is 0 Å². The predicted molar refractivity (Wildman–Crippen MR) is 90.2 cm³/mol. The Bertz CT molecular complexity index is 570. The molecule has 0 aliphatic carbocycles. The van der Waals surface area contributed by atoms with Crippen LogP contribution in [0.3, 0.4) is 0 Å². The summed E-state index contributed by atoms with van der Waals surface area (Å²) >= 11 is 9.74. The van der Waals surface area contributed by atoms with Gasteiger partial charge >= 0.3 is 0 Å². The Kier molecular flexibility index (Phi) is 5.25. The summed E-state index contributed by atoms with van der Waals surface area (Å²) in [5.41, 5.74) is 8.71. The highest BCUT2D eigenvalue weighted by molar-refractivity contribution is 9.10. The van der Waals surface area contributed by atoms with Crippen LogP contribution < -0.4 is 5.73 Å². The van der Waals surface area contributed by atoms with E-state index in [1.165, 1.54) is 5.56 Å². The maximum Gasteiger partial charge on any atom is 0.0449 e. The molecule has 2 rings (SSSR count). The minimum atomic E-state index is -0.265. The van der Waals surface area contributed by atoms with Crippen molar-refractivity contribution in [3.63, 3.8) is 0 Å². The van der Waals surface area contributed by atoms with Crippen LogP contribution in [-0.2, 0) is 12.8 Å². The van der Waals surface area contributed by atoms with Gasteiger partial charge < -0.3 is 5.73 Å². The predicted octanol–water partition coefficient (Wildman–Crippen LogP) is 5.00. The zero-order valence-electron chi connectivity index (χ0n) is 11.6. The quantitative estimate of drug-likeness (QED) is 0.805. The molecule has 2 aromatic rings. The number of nitrogens with two attached hydrogens (primary N) is 1. The van der Waals surface area contributed by atoms with Crippen molar-refractivity contribution in [3.8, 4) is 0 Å². The third-order valence-corrected chi connectivity index (χ3v) is 4.51. The second kappa shape index (κ2) is 6.75. The SMILES string of the molecule is CCC(N)(Cc1ccccc1)Cc1ccc(Br)cc1Cl. The fourth-order valence-electron chi connectivity index (χ4n) is 2.36. The molecule has 0 fully saturated rings. The third-order valence-electron chi connectivity index (χ3n) is 3.66. The second-order valence-corrected chi connectivity index (χ2v) is 6.61. The molecule has 0 aliphatic heterocycles. The Morgan fingerprint density at radius 1 is 1.10 bits per heavy atom. The molecule has 0 aliphatic rings. The molecular formula is C17H19BrClN. The highest BCUT2D eigenvalue weighted by atomic mass is 79.9. The van der Waals surface area contributed by atoms with Crippen LogP contribution >= 0.6 is 27.5 Å². The van der Waals surface area contributed by atoms with Gasteiger partial charge in [-0.15, -0.1) is 0 Å². The van der Waals surface area contributed by atoms with Crippen LogP contribution in [0, 0.1) is 0 Å². The van der Waals surface area contributed by atoms with E-state index in [-0.39, 0.29) is 5.54 Å². The molecule has 1 unspecified atom stereocenters. The summed E-state index contributed by atoms with van der Waals surface area (Å²) in [6.07, 6.45) is 2.55. The first-order chi connectivity index (χ1) is 9.52. The van der Waals surface area contributed by atoms with Gasteiger partial charge in [-0.05, 0) is 42.5 Å². The molecule has 0 heterocycles. The molecule has 0 saturated heterocycles. The first-order valence-electron chi connectivity index (χ1n) is 6.79. The Hall–Kier alpha value is -0.830. The van der Waals surface area contributed by atoms with Crippen LogP contribution in [0.5, 0.6) is 0 Å². The van der Waals surface area contributed by atoms with Crippen LogP contribution in [-0.4, -0.2) is 5.54 Å². The summed E-state index contributed by atoms with van der Waals surface area (Å²) < 4.78 is 0.994.